The monoisotopic (exact) mass is 251 g/mol. The zero-order valence-corrected chi connectivity index (χ0v) is 10.8. The lowest BCUT2D eigenvalue weighted by Crippen LogP contribution is -2.43. The highest BCUT2D eigenvalue weighted by Gasteiger charge is 2.23. The van der Waals surface area contributed by atoms with E-state index in [1.165, 1.54) is 0 Å². The maximum atomic E-state index is 12.4. The average molecular weight is 251 g/mol. The minimum absolute atomic E-state index is 0.100. The topological polar surface area (TPSA) is 60.5 Å². The number of likely N-dealkylation sites (tertiary alicyclic amines) is 1. The Balaban J connectivity index is 2.02. The summed E-state index contributed by atoms with van der Waals surface area (Å²) in [6, 6.07) is 4.01. The SMILES string of the molecule is COCCn1cccc1C(=O)N1CCC(N)CC1. The van der Waals surface area contributed by atoms with Gasteiger partial charge in [0.05, 0.1) is 6.61 Å². The molecular formula is C13H21N3O2. The third-order valence-electron chi connectivity index (χ3n) is 3.41. The lowest BCUT2D eigenvalue weighted by Gasteiger charge is -2.30. The summed E-state index contributed by atoms with van der Waals surface area (Å²) in [7, 11) is 1.66. The minimum Gasteiger partial charge on any atom is -0.383 e. The molecule has 18 heavy (non-hydrogen) atoms. The first-order valence-corrected chi connectivity index (χ1v) is 6.41. The van der Waals surface area contributed by atoms with Crippen LogP contribution in [0.1, 0.15) is 23.3 Å². The number of aromatic nitrogens is 1. The Hall–Kier alpha value is -1.33. The fraction of sp³-hybridized carbons (Fsp3) is 0.615. The number of hydrogen-bond acceptors (Lipinski definition) is 3. The quantitative estimate of drug-likeness (QED) is 0.857. The van der Waals surface area contributed by atoms with Crippen LogP contribution in [0.5, 0.6) is 0 Å². The van der Waals surface area contributed by atoms with Gasteiger partial charge in [-0.1, -0.05) is 0 Å². The number of carbonyl (C=O) groups is 1. The molecule has 0 aliphatic carbocycles. The van der Waals surface area contributed by atoms with Gasteiger partial charge in [-0.2, -0.15) is 0 Å². The molecule has 0 spiro atoms. The molecule has 1 aliphatic heterocycles. The van der Waals surface area contributed by atoms with Gasteiger partial charge in [-0.3, -0.25) is 4.79 Å². The number of nitrogens with two attached hydrogens (primary N) is 1. The van der Waals surface area contributed by atoms with Crippen LogP contribution in [0.15, 0.2) is 18.3 Å². The second kappa shape index (κ2) is 6.02. The fourth-order valence-electron chi connectivity index (χ4n) is 2.26. The second-order valence-electron chi connectivity index (χ2n) is 4.71. The molecular weight excluding hydrogens is 230 g/mol. The van der Waals surface area contributed by atoms with Crippen molar-refractivity contribution < 1.29 is 9.53 Å². The van der Waals surface area contributed by atoms with Crippen molar-refractivity contribution in [2.45, 2.75) is 25.4 Å². The first-order chi connectivity index (χ1) is 8.72. The number of piperidine rings is 1. The number of methoxy groups -OCH3 is 1. The van der Waals surface area contributed by atoms with Crippen molar-refractivity contribution in [3.05, 3.63) is 24.0 Å². The van der Waals surface area contributed by atoms with Gasteiger partial charge < -0.3 is 19.9 Å². The molecule has 5 heteroatoms. The number of rotatable bonds is 4. The van der Waals surface area contributed by atoms with E-state index in [9.17, 15) is 4.79 Å². The van der Waals surface area contributed by atoms with Gasteiger partial charge in [-0.15, -0.1) is 0 Å². The summed E-state index contributed by atoms with van der Waals surface area (Å²) in [5.41, 5.74) is 6.59. The number of carbonyl (C=O) groups excluding carboxylic acids is 1. The van der Waals surface area contributed by atoms with Crippen molar-refractivity contribution in [2.24, 2.45) is 5.73 Å². The molecule has 0 aromatic carbocycles. The molecule has 1 amide bonds. The molecule has 100 valence electrons. The predicted octanol–water partition coefficient (Wildman–Crippen LogP) is 0.698. The standard InChI is InChI=1S/C13H21N3O2/c1-18-10-9-15-6-2-3-12(15)13(17)16-7-4-11(14)5-8-16/h2-3,6,11H,4-5,7-10,14H2,1H3. The highest BCUT2D eigenvalue weighted by Crippen LogP contribution is 2.13. The van der Waals surface area contributed by atoms with Crippen LogP contribution in [0.3, 0.4) is 0 Å². The number of hydrogen-bond donors (Lipinski definition) is 1. The van der Waals surface area contributed by atoms with Crippen LogP contribution in [-0.4, -0.2) is 48.2 Å². The number of amides is 1. The first-order valence-electron chi connectivity index (χ1n) is 6.41. The van der Waals surface area contributed by atoms with Gasteiger partial charge in [0, 0.05) is 39.0 Å². The number of nitrogens with zero attached hydrogens (tertiary/aromatic N) is 2. The molecule has 1 fully saturated rings. The molecule has 2 N–H and O–H groups in total. The summed E-state index contributed by atoms with van der Waals surface area (Å²) >= 11 is 0. The molecule has 0 radical (unpaired) electrons. The van der Waals surface area contributed by atoms with Gasteiger partial charge in [-0.05, 0) is 25.0 Å². The molecule has 1 aliphatic rings. The van der Waals surface area contributed by atoms with E-state index in [0.717, 1.165) is 31.6 Å². The molecule has 1 aromatic rings. The molecule has 1 aromatic heterocycles. The third-order valence-corrected chi connectivity index (χ3v) is 3.41. The van der Waals surface area contributed by atoms with E-state index < -0.39 is 0 Å². The van der Waals surface area contributed by atoms with E-state index in [4.69, 9.17) is 10.5 Å². The molecule has 0 atom stereocenters. The molecule has 0 saturated carbocycles. The summed E-state index contributed by atoms with van der Waals surface area (Å²) in [6.45, 7) is 2.84. The average Bonchev–Trinajstić information content (AvgIpc) is 2.84. The van der Waals surface area contributed by atoms with Crippen molar-refractivity contribution in [1.29, 1.82) is 0 Å². The van der Waals surface area contributed by atoms with Gasteiger partial charge in [0.2, 0.25) is 0 Å². The van der Waals surface area contributed by atoms with Crippen molar-refractivity contribution in [3.8, 4) is 0 Å². The van der Waals surface area contributed by atoms with E-state index in [2.05, 4.69) is 0 Å². The van der Waals surface area contributed by atoms with Crippen LogP contribution < -0.4 is 5.73 Å². The summed E-state index contributed by atoms with van der Waals surface area (Å²) in [5, 5.41) is 0. The van der Waals surface area contributed by atoms with E-state index >= 15 is 0 Å². The molecule has 1 saturated heterocycles. The highest BCUT2D eigenvalue weighted by atomic mass is 16.5. The van der Waals surface area contributed by atoms with Gasteiger partial charge in [0.1, 0.15) is 5.69 Å². The Morgan fingerprint density at radius 1 is 1.50 bits per heavy atom. The Morgan fingerprint density at radius 3 is 2.89 bits per heavy atom. The van der Waals surface area contributed by atoms with E-state index in [0.29, 0.717) is 13.2 Å². The van der Waals surface area contributed by atoms with Crippen LogP contribution in [0.25, 0.3) is 0 Å². The Morgan fingerprint density at radius 2 is 2.22 bits per heavy atom. The van der Waals surface area contributed by atoms with Crippen LogP contribution in [-0.2, 0) is 11.3 Å². The number of ether oxygens (including phenoxy) is 1. The lowest BCUT2D eigenvalue weighted by atomic mass is 10.1. The van der Waals surface area contributed by atoms with Crippen LogP contribution in [0.2, 0.25) is 0 Å². The van der Waals surface area contributed by atoms with Gasteiger partial charge in [-0.25, -0.2) is 0 Å². The van der Waals surface area contributed by atoms with Crippen LogP contribution >= 0.6 is 0 Å². The summed E-state index contributed by atoms with van der Waals surface area (Å²) in [4.78, 5) is 14.3. The smallest absolute Gasteiger partial charge is 0.270 e. The van der Waals surface area contributed by atoms with Crippen molar-refractivity contribution in [1.82, 2.24) is 9.47 Å². The fourth-order valence-corrected chi connectivity index (χ4v) is 2.26. The van der Waals surface area contributed by atoms with Crippen LogP contribution in [0.4, 0.5) is 0 Å². The summed E-state index contributed by atoms with van der Waals surface area (Å²) in [6.07, 6.45) is 3.71. The normalized spacial score (nSPS) is 17.1. The molecule has 0 unspecified atom stereocenters. The van der Waals surface area contributed by atoms with E-state index in [1.807, 2.05) is 27.8 Å². The van der Waals surface area contributed by atoms with Gasteiger partial charge in [0.25, 0.3) is 5.91 Å². The van der Waals surface area contributed by atoms with Gasteiger partial charge >= 0.3 is 0 Å². The maximum absolute atomic E-state index is 12.4. The Kier molecular flexibility index (Phi) is 4.38. The van der Waals surface area contributed by atoms with Gasteiger partial charge in [0.15, 0.2) is 0 Å². The minimum atomic E-state index is 0.100. The summed E-state index contributed by atoms with van der Waals surface area (Å²) in [5.74, 6) is 0.100. The lowest BCUT2D eigenvalue weighted by molar-refractivity contribution is 0.0701. The predicted molar refractivity (Wildman–Crippen MR) is 69.4 cm³/mol. The van der Waals surface area contributed by atoms with Crippen molar-refractivity contribution in [3.63, 3.8) is 0 Å². The largest absolute Gasteiger partial charge is 0.383 e. The zero-order valence-electron chi connectivity index (χ0n) is 10.8. The second-order valence-corrected chi connectivity index (χ2v) is 4.71. The highest BCUT2D eigenvalue weighted by molar-refractivity contribution is 5.92. The molecule has 0 bridgehead atoms. The molecule has 2 rings (SSSR count). The summed E-state index contributed by atoms with van der Waals surface area (Å²) < 4.78 is 6.99. The van der Waals surface area contributed by atoms with E-state index in [-0.39, 0.29) is 11.9 Å². The third kappa shape index (κ3) is 2.91. The first kappa shape index (κ1) is 13.1. The zero-order chi connectivity index (χ0) is 13.0. The molecule has 5 nitrogen and oxygen atoms in total. The molecule has 2 heterocycles. The maximum Gasteiger partial charge on any atom is 0.270 e. The van der Waals surface area contributed by atoms with Crippen LogP contribution in [0, 0.1) is 0 Å². The van der Waals surface area contributed by atoms with Crippen molar-refractivity contribution >= 4 is 5.91 Å². The Bertz CT molecular complexity index is 395. The van der Waals surface area contributed by atoms with Crippen molar-refractivity contribution in [2.75, 3.05) is 26.8 Å². The Labute approximate surface area is 108 Å². The van der Waals surface area contributed by atoms with E-state index in [1.54, 1.807) is 7.11 Å².